The van der Waals surface area contributed by atoms with E-state index in [1.165, 1.54) is 0 Å². The standard InChI is InChI=1S/C18H29N5O3.HI/c1-4-19-17(21-14-15-8-7-9-20-16(15)25-5-2)22-10-12-23(13-11-22)18(24)26-6-3;/h7-9H,4-6,10-14H2,1-3H3,(H,19,21);1H. The number of piperazine rings is 1. The van der Waals surface area contributed by atoms with Gasteiger partial charge in [0, 0.05) is 44.5 Å². The Morgan fingerprint density at radius 1 is 1.19 bits per heavy atom. The number of rotatable bonds is 6. The minimum atomic E-state index is -0.245. The SMILES string of the molecule is CCNC(=NCc1cccnc1OCC)N1CCN(C(=O)OCC)CC1.I. The zero-order chi connectivity index (χ0) is 18.8. The molecule has 1 saturated heterocycles. The summed E-state index contributed by atoms with van der Waals surface area (Å²) in [6, 6.07) is 3.86. The molecular weight excluding hydrogens is 461 g/mol. The maximum Gasteiger partial charge on any atom is 0.409 e. The van der Waals surface area contributed by atoms with Crippen molar-refractivity contribution in [2.75, 3.05) is 45.9 Å². The monoisotopic (exact) mass is 491 g/mol. The van der Waals surface area contributed by atoms with E-state index in [0.717, 1.165) is 31.2 Å². The summed E-state index contributed by atoms with van der Waals surface area (Å²) >= 11 is 0. The Labute approximate surface area is 178 Å². The molecule has 1 aromatic heterocycles. The van der Waals surface area contributed by atoms with Crippen LogP contribution in [0.4, 0.5) is 4.79 Å². The molecule has 0 aromatic carbocycles. The first kappa shape index (κ1) is 23.3. The molecule has 8 nitrogen and oxygen atoms in total. The third-order valence-electron chi connectivity index (χ3n) is 3.97. The molecule has 1 aliphatic heterocycles. The molecule has 0 saturated carbocycles. The van der Waals surface area contributed by atoms with Gasteiger partial charge in [0.1, 0.15) is 0 Å². The summed E-state index contributed by atoms with van der Waals surface area (Å²) in [6.07, 6.45) is 1.48. The van der Waals surface area contributed by atoms with Crippen LogP contribution in [0, 0.1) is 0 Å². The molecule has 1 amide bonds. The van der Waals surface area contributed by atoms with Crippen LogP contribution >= 0.6 is 24.0 Å². The lowest BCUT2D eigenvalue weighted by atomic mass is 10.3. The van der Waals surface area contributed by atoms with Crippen molar-refractivity contribution in [2.24, 2.45) is 4.99 Å². The predicted octanol–water partition coefficient (Wildman–Crippen LogP) is 2.34. The molecule has 27 heavy (non-hydrogen) atoms. The number of nitrogens with zero attached hydrogens (tertiary/aromatic N) is 4. The highest BCUT2D eigenvalue weighted by molar-refractivity contribution is 14.0. The number of pyridine rings is 1. The fourth-order valence-corrected chi connectivity index (χ4v) is 2.71. The predicted molar refractivity (Wildman–Crippen MR) is 116 cm³/mol. The van der Waals surface area contributed by atoms with Gasteiger partial charge in [0.15, 0.2) is 5.96 Å². The van der Waals surface area contributed by atoms with Gasteiger partial charge in [-0.15, -0.1) is 24.0 Å². The Kier molecular flexibility index (Phi) is 10.8. The quantitative estimate of drug-likeness (QED) is 0.374. The van der Waals surface area contributed by atoms with Gasteiger partial charge in [-0.2, -0.15) is 0 Å². The first-order chi connectivity index (χ1) is 12.7. The largest absolute Gasteiger partial charge is 0.478 e. The van der Waals surface area contributed by atoms with Crippen LogP contribution in [0.15, 0.2) is 23.3 Å². The van der Waals surface area contributed by atoms with Gasteiger partial charge in [0.25, 0.3) is 0 Å². The van der Waals surface area contributed by atoms with Crippen molar-refractivity contribution in [1.82, 2.24) is 20.1 Å². The highest BCUT2D eigenvalue weighted by atomic mass is 127. The van der Waals surface area contributed by atoms with E-state index >= 15 is 0 Å². The molecule has 0 atom stereocenters. The second-order valence-electron chi connectivity index (χ2n) is 5.74. The van der Waals surface area contributed by atoms with Crippen LogP contribution in [-0.4, -0.2) is 72.8 Å². The van der Waals surface area contributed by atoms with Crippen molar-refractivity contribution < 1.29 is 14.3 Å². The molecule has 0 aliphatic carbocycles. The van der Waals surface area contributed by atoms with Crippen LogP contribution in [0.5, 0.6) is 5.88 Å². The molecule has 1 aliphatic rings. The summed E-state index contributed by atoms with van der Waals surface area (Å²) in [5, 5.41) is 3.32. The van der Waals surface area contributed by atoms with E-state index in [1.807, 2.05) is 32.9 Å². The Balaban J connectivity index is 0.00000364. The maximum absolute atomic E-state index is 11.8. The van der Waals surface area contributed by atoms with Crippen LogP contribution in [0.3, 0.4) is 0 Å². The number of halogens is 1. The van der Waals surface area contributed by atoms with Gasteiger partial charge in [-0.25, -0.2) is 14.8 Å². The molecule has 0 unspecified atom stereocenters. The van der Waals surface area contributed by atoms with E-state index in [2.05, 4.69) is 15.2 Å². The van der Waals surface area contributed by atoms with E-state index in [-0.39, 0.29) is 30.1 Å². The number of amides is 1. The summed E-state index contributed by atoms with van der Waals surface area (Å²) in [5.41, 5.74) is 0.954. The van der Waals surface area contributed by atoms with Crippen molar-refractivity contribution in [2.45, 2.75) is 27.3 Å². The third-order valence-corrected chi connectivity index (χ3v) is 3.97. The van der Waals surface area contributed by atoms with Crippen molar-refractivity contribution in [3.8, 4) is 5.88 Å². The van der Waals surface area contributed by atoms with E-state index in [1.54, 1.807) is 11.1 Å². The van der Waals surface area contributed by atoms with Gasteiger partial charge in [-0.05, 0) is 26.8 Å². The van der Waals surface area contributed by atoms with Crippen LogP contribution in [0.2, 0.25) is 0 Å². The van der Waals surface area contributed by atoms with E-state index in [9.17, 15) is 4.79 Å². The maximum atomic E-state index is 11.8. The van der Waals surface area contributed by atoms with Gasteiger partial charge >= 0.3 is 6.09 Å². The van der Waals surface area contributed by atoms with Crippen molar-refractivity contribution in [3.63, 3.8) is 0 Å². The lowest BCUT2D eigenvalue weighted by Crippen LogP contribution is -2.53. The molecule has 152 valence electrons. The third kappa shape index (κ3) is 7.04. The fraction of sp³-hybridized carbons (Fsp3) is 0.611. The topological polar surface area (TPSA) is 79.3 Å². The minimum absolute atomic E-state index is 0. The van der Waals surface area contributed by atoms with E-state index in [0.29, 0.717) is 38.7 Å². The van der Waals surface area contributed by atoms with Crippen LogP contribution in [0.1, 0.15) is 26.3 Å². The number of aromatic nitrogens is 1. The molecule has 0 bridgehead atoms. The molecule has 1 N–H and O–H groups in total. The summed E-state index contributed by atoms with van der Waals surface area (Å²) < 4.78 is 10.6. The lowest BCUT2D eigenvalue weighted by molar-refractivity contribution is 0.0914. The number of aliphatic imine (C=N–C) groups is 1. The van der Waals surface area contributed by atoms with Crippen LogP contribution < -0.4 is 10.1 Å². The molecule has 0 spiro atoms. The Bertz CT molecular complexity index is 606. The van der Waals surface area contributed by atoms with Gasteiger partial charge in [0.2, 0.25) is 5.88 Å². The number of guanidine groups is 1. The fourth-order valence-electron chi connectivity index (χ4n) is 2.71. The Morgan fingerprint density at radius 3 is 2.52 bits per heavy atom. The molecule has 2 heterocycles. The number of carbonyl (C=O) groups is 1. The minimum Gasteiger partial charge on any atom is -0.478 e. The van der Waals surface area contributed by atoms with E-state index < -0.39 is 0 Å². The average molecular weight is 491 g/mol. The van der Waals surface area contributed by atoms with Gasteiger partial charge in [0.05, 0.1) is 19.8 Å². The summed E-state index contributed by atoms with van der Waals surface area (Å²) in [5.74, 6) is 1.46. The van der Waals surface area contributed by atoms with Gasteiger partial charge < -0.3 is 24.6 Å². The first-order valence-electron chi connectivity index (χ1n) is 9.21. The van der Waals surface area contributed by atoms with Crippen LogP contribution in [-0.2, 0) is 11.3 Å². The second-order valence-corrected chi connectivity index (χ2v) is 5.74. The number of nitrogens with one attached hydrogen (secondary N) is 1. The Hall–Kier alpha value is -1.78. The molecule has 1 fully saturated rings. The number of ether oxygens (including phenoxy) is 2. The van der Waals surface area contributed by atoms with Crippen molar-refractivity contribution in [1.29, 1.82) is 0 Å². The highest BCUT2D eigenvalue weighted by Gasteiger charge is 2.23. The Morgan fingerprint density at radius 2 is 1.89 bits per heavy atom. The van der Waals surface area contributed by atoms with Crippen molar-refractivity contribution >= 4 is 36.0 Å². The molecule has 9 heteroatoms. The number of carbonyl (C=O) groups excluding carboxylic acids is 1. The molecule has 1 aromatic rings. The lowest BCUT2D eigenvalue weighted by Gasteiger charge is -2.35. The van der Waals surface area contributed by atoms with Crippen molar-refractivity contribution in [3.05, 3.63) is 23.9 Å². The van der Waals surface area contributed by atoms with Gasteiger partial charge in [-0.3, -0.25) is 0 Å². The zero-order valence-corrected chi connectivity index (χ0v) is 18.6. The summed E-state index contributed by atoms with van der Waals surface area (Å²) in [7, 11) is 0. The van der Waals surface area contributed by atoms with Gasteiger partial charge in [-0.1, -0.05) is 6.07 Å². The highest BCUT2D eigenvalue weighted by Crippen LogP contribution is 2.15. The smallest absolute Gasteiger partial charge is 0.409 e. The summed E-state index contributed by atoms with van der Waals surface area (Å²) in [6.45, 7) is 10.7. The second kappa shape index (κ2) is 12.6. The normalized spacial score (nSPS) is 14.4. The number of hydrogen-bond acceptors (Lipinski definition) is 5. The van der Waals surface area contributed by atoms with E-state index in [4.69, 9.17) is 14.5 Å². The first-order valence-corrected chi connectivity index (χ1v) is 9.21. The molecule has 2 rings (SSSR count). The average Bonchev–Trinajstić information content (AvgIpc) is 2.67. The van der Waals surface area contributed by atoms with Crippen LogP contribution in [0.25, 0.3) is 0 Å². The zero-order valence-electron chi connectivity index (χ0n) is 16.3. The molecular formula is C18H30IN5O3. The summed E-state index contributed by atoms with van der Waals surface area (Å²) in [4.78, 5) is 24.7. The molecule has 0 radical (unpaired) electrons. The number of hydrogen-bond donors (Lipinski definition) is 1.